The van der Waals surface area contributed by atoms with Crippen molar-refractivity contribution in [3.63, 3.8) is 0 Å². The van der Waals surface area contributed by atoms with Gasteiger partial charge in [-0.15, -0.1) is 0 Å². The van der Waals surface area contributed by atoms with Gasteiger partial charge in [-0.3, -0.25) is 0 Å². The predicted octanol–water partition coefficient (Wildman–Crippen LogP) is 3.02. The molecule has 0 aliphatic carbocycles. The maximum atomic E-state index is 12.7. The van der Waals surface area contributed by atoms with Crippen LogP contribution in [-0.2, 0) is 10.9 Å². The molecule has 11 heteroatoms. The maximum absolute atomic E-state index is 12.7. The fourth-order valence-electron chi connectivity index (χ4n) is 3.48. The predicted molar refractivity (Wildman–Crippen MR) is 106 cm³/mol. The van der Waals surface area contributed by atoms with Crippen LogP contribution < -0.4 is 15.0 Å². The first-order valence-electron chi connectivity index (χ1n) is 9.93. The Kier molecular flexibility index (Phi) is 6.12. The third kappa shape index (κ3) is 5.35. The number of morpholine rings is 1. The summed E-state index contributed by atoms with van der Waals surface area (Å²) in [5.41, 5.74) is -0.463. The van der Waals surface area contributed by atoms with Gasteiger partial charge >= 0.3 is 12.2 Å². The molecule has 4 rings (SSSR count). The third-order valence-electron chi connectivity index (χ3n) is 5.15. The molecule has 8 nitrogen and oxygen atoms in total. The van der Waals surface area contributed by atoms with Crippen LogP contribution in [0.5, 0.6) is 5.88 Å². The van der Waals surface area contributed by atoms with E-state index in [9.17, 15) is 18.0 Å². The molecule has 0 spiro atoms. The minimum absolute atomic E-state index is 0.231. The summed E-state index contributed by atoms with van der Waals surface area (Å²) in [6.07, 6.45) is -2.57. The minimum atomic E-state index is -4.41. The van der Waals surface area contributed by atoms with Crippen LogP contribution in [0.1, 0.15) is 12.0 Å². The van der Waals surface area contributed by atoms with Gasteiger partial charge in [-0.1, -0.05) is 0 Å². The SMILES string of the molecule is O=C(Nc1ccc(C(F)(F)F)cc1)N1CCC(Oc2cc(N3CCOCC3)ncn2)C1. The molecule has 2 amide bonds. The van der Waals surface area contributed by atoms with Gasteiger partial charge in [-0.05, 0) is 24.3 Å². The number of benzene rings is 1. The Balaban J connectivity index is 1.30. The fourth-order valence-corrected chi connectivity index (χ4v) is 3.48. The Morgan fingerprint density at radius 1 is 1.13 bits per heavy atom. The van der Waals surface area contributed by atoms with Crippen molar-refractivity contribution in [3.8, 4) is 5.88 Å². The highest BCUT2D eigenvalue weighted by Gasteiger charge is 2.31. The Hall–Kier alpha value is -3.08. The van der Waals surface area contributed by atoms with Crippen LogP contribution in [0.25, 0.3) is 0 Å². The molecule has 166 valence electrons. The average molecular weight is 437 g/mol. The van der Waals surface area contributed by atoms with Crippen molar-refractivity contribution < 1.29 is 27.4 Å². The van der Waals surface area contributed by atoms with Crippen LogP contribution >= 0.6 is 0 Å². The molecule has 2 fully saturated rings. The zero-order chi connectivity index (χ0) is 21.8. The molecule has 2 saturated heterocycles. The lowest BCUT2D eigenvalue weighted by atomic mass is 10.2. The first-order chi connectivity index (χ1) is 14.9. The van der Waals surface area contributed by atoms with Gasteiger partial charge in [0, 0.05) is 37.8 Å². The summed E-state index contributed by atoms with van der Waals surface area (Å²) in [5.74, 6) is 1.20. The number of nitrogens with zero attached hydrogens (tertiary/aromatic N) is 4. The molecule has 1 N–H and O–H groups in total. The fraction of sp³-hybridized carbons (Fsp3) is 0.450. The number of anilines is 2. The lowest BCUT2D eigenvalue weighted by Crippen LogP contribution is -2.36. The highest BCUT2D eigenvalue weighted by atomic mass is 19.4. The van der Waals surface area contributed by atoms with Crippen LogP contribution in [0.3, 0.4) is 0 Å². The number of carbonyl (C=O) groups is 1. The van der Waals surface area contributed by atoms with E-state index >= 15 is 0 Å². The number of rotatable bonds is 4. The van der Waals surface area contributed by atoms with Crippen molar-refractivity contribution in [1.82, 2.24) is 14.9 Å². The van der Waals surface area contributed by atoms with Crippen molar-refractivity contribution in [2.45, 2.75) is 18.7 Å². The Labute approximate surface area is 177 Å². The summed E-state index contributed by atoms with van der Waals surface area (Å²) < 4.78 is 49.2. The topological polar surface area (TPSA) is 79.8 Å². The summed E-state index contributed by atoms with van der Waals surface area (Å²) in [5, 5.41) is 2.62. The molecule has 1 unspecified atom stereocenters. The molecule has 1 atom stereocenters. The third-order valence-corrected chi connectivity index (χ3v) is 5.15. The zero-order valence-corrected chi connectivity index (χ0v) is 16.6. The van der Waals surface area contributed by atoms with Gasteiger partial charge in [-0.2, -0.15) is 13.2 Å². The van der Waals surface area contributed by atoms with E-state index < -0.39 is 11.7 Å². The number of alkyl halides is 3. The van der Waals surface area contributed by atoms with Gasteiger partial charge in [0.05, 0.1) is 25.3 Å². The molecule has 31 heavy (non-hydrogen) atoms. The number of likely N-dealkylation sites (tertiary alicyclic amines) is 1. The van der Waals surface area contributed by atoms with Gasteiger partial charge in [0.1, 0.15) is 18.2 Å². The number of amides is 2. The molecule has 2 aromatic rings. The van der Waals surface area contributed by atoms with Crippen LogP contribution in [0.4, 0.5) is 29.5 Å². The second-order valence-electron chi connectivity index (χ2n) is 7.29. The van der Waals surface area contributed by atoms with E-state index in [-0.39, 0.29) is 12.1 Å². The van der Waals surface area contributed by atoms with Crippen LogP contribution in [0.15, 0.2) is 36.7 Å². The zero-order valence-electron chi connectivity index (χ0n) is 16.6. The van der Waals surface area contributed by atoms with Crippen LogP contribution in [0, 0.1) is 0 Å². The molecular formula is C20H22F3N5O3. The summed E-state index contributed by atoms with van der Waals surface area (Å²) in [6.45, 7) is 3.61. The first-order valence-corrected chi connectivity index (χ1v) is 9.93. The normalized spacial score (nSPS) is 19.4. The molecule has 1 aromatic heterocycles. The van der Waals surface area contributed by atoms with Crippen molar-refractivity contribution in [2.75, 3.05) is 49.6 Å². The second kappa shape index (κ2) is 8.96. The number of hydrogen-bond acceptors (Lipinski definition) is 6. The number of urea groups is 1. The van der Waals surface area contributed by atoms with Crippen molar-refractivity contribution in [3.05, 3.63) is 42.2 Å². The average Bonchev–Trinajstić information content (AvgIpc) is 3.23. The van der Waals surface area contributed by atoms with Crippen molar-refractivity contribution >= 4 is 17.5 Å². The quantitative estimate of drug-likeness (QED) is 0.792. The molecule has 0 bridgehead atoms. The van der Waals surface area contributed by atoms with Gasteiger partial charge in [0.2, 0.25) is 5.88 Å². The molecule has 1 aromatic carbocycles. The molecule has 0 saturated carbocycles. The number of ether oxygens (including phenoxy) is 2. The number of hydrogen-bond donors (Lipinski definition) is 1. The Morgan fingerprint density at radius 2 is 1.87 bits per heavy atom. The summed E-state index contributed by atoms with van der Waals surface area (Å²) in [7, 11) is 0. The number of halogens is 3. The van der Waals surface area contributed by atoms with Crippen molar-refractivity contribution in [1.29, 1.82) is 0 Å². The monoisotopic (exact) mass is 437 g/mol. The van der Waals surface area contributed by atoms with E-state index in [2.05, 4.69) is 20.2 Å². The molecule has 3 heterocycles. The molecule has 2 aliphatic heterocycles. The Bertz CT molecular complexity index is 904. The van der Waals surface area contributed by atoms with Gasteiger partial charge in [0.25, 0.3) is 0 Å². The lowest BCUT2D eigenvalue weighted by molar-refractivity contribution is -0.137. The number of nitrogens with one attached hydrogen (secondary N) is 1. The minimum Gasteiger partial charge on any atom is -0.472 e. The lowest BCUT2D eigenvalue weighted by Gasteiger charge is -2.27. The van der Waals surface area contributed by atoms with E-state index in [0.717, 1.165) is 31.0 Å². The summed E-state index contributed by atoms with van der Waals surface area (Å²) in [4.78, 5) is 24.5. The van der Waals surface area contributed by atoms with Crippen molar-refractivity contribution in [2.24, 2.45) is 0 Å². The number of carbonyl (C=O) groups excluding carboxylic acids is 1. The van der Waals surface area contributed by atoms with Gasteiger partial charge < -0.3 is 24.6 Å². The van der Waals surface area contributed by atoms with E-state index in [1.54, 1.807) is 11.0 Å². The van der Waals surface area contributed by atoms with Gasteiger partial charge in [-0.25, -0.2) is 14.8 Å². The number of aromatic nitrogens is 2. The summed E-state index contributed by atoms with van der Waals surface area (Å²) in [6, 6.07) is 5.73. The van der Waals surface area contributed by atoms with E-state index in [1.165, 1.54) is 18.5 Å². The van der Waals surface area contributed by atoms with Gasteiger partial charge in [0.15, 0.2) is 0 Å². The second-order valence-corrected chi connectivity index (χ2v) is 7.29. The van der Waals surface area contributed by atoms with Crippen LogP contribution in [0.2, 0.25) is 0 Å². The van der Waals surface area contributed by atoms with E-state index in [0.29, 0.717) is 44.3 Å². The first kappa shape index (κ1) is 21.2. The highest BCUT2D eigenvalue weighted by molar-refractivity contribution is 5.89. The standard InChI is InChI=1S/C20H22F3N5O3/c21-20(22,23)14-1-3-15(4-2-14)26-19(29)28-6-5-16(12-28)31-18-11-17(24-13-25-18)27-7-9-30-10-8-27/h1-4,11,13,16H,5-10,12H2,(H,26,29). The Morgan fingerprint density at radius 3 is 2.58 bits per heavy atom. The van der Waals surface area contributed by atoms with E-state index in [4.69, 9.17) is 9.47 Å². The summed E-state index contributed by atoms with van der Waals surface area (Å²) >= 11 is 0. The maximum Gasteiger partial charge on any atom is 0.416 e. The van der Waals surface area contributed by atoms with Crippen LogP contribution in [-0.4, -0.2) is 66.4 Å². The largest absolute Gasteiger partial charge is 0.472 e. The molecular weight excluding hydrogens is 415 g/mol. The van der Waals surface area contributed by atoms with E-state index in [1.807, 2.05) is 0 Å². The molecule has 0 radical (unpaired) electrons. The molecule has 2 aliphatic rings. The smallest absolute Gasteiger partial charge is 0.416 e. The highest BCUT2D eigenvalue weighted by Crippen LogP contribution is 2.30.